The summed E-state index contributed by atoms with van der Waals surface area (Å²) in [5, 5.41) is 5.75. The molecule has 0 aromatic heterocycles. The zero-order valence-electron chi connectivity index (χ0n) is 8.51. The van der Waals surface area contributed by atoms with Crippen LogP contribution in [0.25, 0.3) is 0 Å². The van der Waals surface area contributed by atoms with Crippen molar-refractivity contribution in [2.75, 3.05) is 5.32 Å². The summed E-state index contributed by atoms with van der Waals surface area (Å²) in [4.78, 5) is 11.5. The molecule has 2 N–H and O–H groups in total. The number of hydrogen-bond acceptors (Lipinski definition) is 1. The first kappa shape index (κ1) is 10.7. The van der Waals surface area contributed by atoms with Crippen molar-refractivity contribution < 1.29 is 4.79 Å². The molecule has 1 aromatic rings. The van der Waals surface area contributed by atoms with E-state index in [-0.39, 0.29) is 6.03 Å². The van der Waals surface area contributed by atoms with Crippen LogP contribution in [-0.4, -0.2) is 12.1 Å². The highest BCUT2D eigenvalue weighted by atomic mass is 127. The molecule has 4 heteroatoms. The summed E-state index contributed by atoms with van der Waals surface area (Å²) >= 11 is 2.26. The van der Waals surface area contributed by atoms with Gasteiger partial charge in [0.1, 0.15) is 0 Å². The zero-order valence-corrected chi connectivity index (χ0v) is 10.7. The van der Waals surface area contributed by atoms with Crippen LogP contribution in [0.1, 0.15) is 18.4 Å². The molecule has 15 heavy (non-hydrogen) atoms. The molecule has 0 aliphatic heterocycles. The van der Waals surface area contributed by atoms with Gasteiger partial charge in [-0.2, -0.15) is 0 Å². The zero-order chi connectivity index (χ0) is 10.8. The minimum atomic E-state index is -0.0955. The molecule has 0 unspecified atom stereocenters. The molecule has 0 saturated heterocycles. The van der Waals surface area contributed by atoms with Crippen LogP contribution >= 0.6 is 22.6 Å². The van der Waals surface area contributed by atoms with Crippen molar-refractivity contribution in [2.45, 2.75) is 25.8 Å². The number of rotatable bonds is 2. The highest BCUT2D eigenvalue weighted by Gasteiger charge is 2.23. The van der Waals surface area contributed by atoms with Crippen molar-refractivity contribution in [3.05, 3.63) is 27.3 Å². The normalized spacial score (nSPS) is 14.8. The van der Waals surface area contributed by atoms with Crippen LogP contribution in [0, 0.1) is 10.5 Å². The van der Waals surface area contributed by atoms with E-state index in [1.165, 1.54) is 3.57 Å². The largest absolute Gasteiger partial charge is 0.335 e. The number of halogens is 1. The Morgan fingerprint density at radius 1 is 1.47 bits per heavy atom. The molecular weight excluding hydrogens is 303 g/mol. The number of carbonyl (C=O) groups excluding carboxylic acids is 1. The summed E-state index contributed by atoms with van der Waals surface area (Å²) in [6, 6.07) is 6.27. The van der Waals surface area contributed by atoms with Gasteiger partial charge in [0.05, 0.1) is 0 Å². The van der Waals surface area contributed by atoms with E-state index in [1.54, 1.807) is 0 Å². The monoisotopic (exact) mass is 316 g/mol. The molecule has 1 aromatic carbocycles. The van der Waals surface area contributed by atoms with Gasteiger partial charge in [-0.15, -0.1) is 0 Å². The first-order valence-corrected chi connectivity index (χ1v) is 6.07. The highest BCUT2D eigenvalue weighted by molar-refractivity contribution is 14.1. The van der Waals surface area contributed by atoms with Crippen LogP contribution in [-0.2, 0) is 0 Å². The van der Waals surface area contributed by atoms with Crippen LogP contribution in [0.5, 0.6) is 0 Å². The van der Waals surface area contributed by atoms with Crippen LogP contribution in [0.2, 0.25) is 0 Å². The van der Waals surface area contributed by atoms with Gasteiger partial charge in [0.2, 0.25) is 0 Å². The molecule has 0 atom stereocenters. The number of hydrogen-bond donors (Lipinski definition) is 2. The Balaban J connectivity index is 1.99. The van der Waals surface area contributed by atoms with E-state index >= 15 is 0 Å². The van der Waals surface area contributed by atoms with Crippen molar-refractivity contribution in [1.29, 1.82) is 0 Å². The predicted molar refractivity (Wildman–Crippen MR) is 69.1 cm³/mol. The van der Waals surface area contributed by atoms with Crippen LogP contribution in [0.3, 0.4) is 0 Å². The molecule has 2 amide bonds. The fourth-order valence-electron chi connectivity index (χ4n) is 1.34. The number of amides is 2. The SMILES string of the molecule is Cc1cc(I)ccc1NC(=O)NC1CC1. The summed E-state index contributed by atoms with van der Waals surface area (Å²) in [5.74, 6) is 0. The molecule has 0 radical (unpaired) electrons. The van der Waals surface area contributed by atoms with E-state index in [4.69, 9.17) is 0 Å². The fraction of sp³-hybridized carbons (Fsp3) is 0.364. The number of aryl methyl sites for hydroxylation is 1. The Labute approximate surface area is 103 Å². The summed E-state index contributed by atoms with van der Waals surface area (Å²) in [5.41, 5.74) is 1.97. The molecule has 1 fully saturated rings. The van der Waals surface area contributed by atoms with Gasteiger partial charge in [-0.05, 0) is 66.1 Å². The number of anilines is 1. The molecule has 0 spiro atoms. The highest BCUT2D eigenvalue weighted by Crippen LogP contribution is 2.20. The van der Waals surface area contributed by atoms with Gasteiger partial charge in [-0.25, -0.2) is 4.79 Å². The Morgan fingerprint density at radius 2 is 2.20 bits per heavy atom. The van der Waals surface area contributed by atoms with Crippen molar-refractivity contribution in [3.8, 4) is 0 Å². The first-order chi connectivity index (χ1) is 7.15. The van der Waals surface area contributed by atoms with Gasteiger partial charge in [0.15, 0.2) is 0 Å². The standard InChI is InChI=1S/C11H13IN2O/c1-7-6-8(12)2-5-10(7)14-11(15)13-9-3-4-9/h2,5-6,9H,3-4H2,1H3,(H2,13,14,15). The van der Waals surface area contributed by atoms with Crippen LogP contribution < -0.4 is 10.6 Å². The lowest BCUT2D eigenvalue weighted by Gasteiger charge is -2.09. The minimum Gasteiger partial charge on any atom is -0.335 e. The molecular formula is C11H13IN2O. The van der Waals surface area contributed by atoms with Crippen molar-refractivity contribution in [3.63, 3.8) is 0 Å². The molecule has 1 aliphatic carbocycles. The van der Waals surface area contributed by atoms with Gasteiger partial charge in [0.25, 0.3) is 0 Å². The molecule has 0 bridgehead atoms. The smallest absolute Gasteiger partial charge is 0.319 e. The average molecular weight is 316 g/mol. The van der Waals surface area contributed by atoms with Crippen molar-refractivity contribution >= 4 is 34.3 Å². The summed E-state index contributed by atoms with van der Waals surface area (Å²) < 4.78 is 1.18. The third-order valence-electron chi connectivity index (χ3n) is 2.35. The van der Waals surface area contributed by atoms with Gasteiger partial charge in [-0.1, -0.05) is 0 Å². The summed E-state index contributed by atoms with van der Waals surface area (Å²) in [7, 11) is 0. The predicted octanol–water partition coefficient (Wildman–Crippen LogP) is 2.88. The molecule has 2 rings (SSSR count). The Hall–Kier alpha value is -0.780. The van der Waals surface area contributed by atoms with Gasteiger partial charge >= 0.3 is 6.03 Å². The Bertz CT molecular complexity index is 388. The second-order valence-corrected chi connectivity index (χ2v) is 5.08. The number of urea groups is 1. The van der Waals surface area contributed by atoms with Crippen LogP contribution in [0.15, 0.2) is 18.2 Å². The third-order valence-corrected chi connectivity index (χ3v) is 3.02. The lowest BCUT2D eigenvalue weighted by Crippen LogP contribution is -2.30. The Kier molecular flexibility index (Phi) is 3.14. The van der Waals surface area contributed by atoms with Gasteiger partial charge in [0, 0.05) is 15.3 Å². The second-order valence-electron chi connectivity index (χ2n) is 3.83. The number of benzene rings is 1. The topological polar surface area (TPSA) is 41.1 Å². The van der Waals surface area contributed by atoms with Crippen LogP contribution in [0.4, 0.5) is 10.5 Å². The lowest BCUT2D eigenvalue weighted by atomic mass is 10.2. The van der Waals surface area contributed by atoms with E-state index < -0.39 is 0 Å². The molecule has 1 saturated carbocycles. The van der Waals surface area contributed by atoms with E-state index in [0.717, 1.165) is 24.1 Å². The molecule has 0 heterocycles. The quantitative estimate of drug-likeness (QED) is 0.810. The lowest BCUT2D eigenvalue weighted by molar-refractivity contribution is 0.251. The average Bonchev–Trinajstić information content (AvgIpc) is 2.94. The second kappa shape index (κ2) is 4.38. The molecule has 1 aliphatic rings. The van der Waals surface area contributed by atoms with Gasteiger partial charge < -0.3 is 10.6 Å². The number of nitrogens with one attached hydrogen (secondary N) is 2. The maximum atomic E-state index is 11.5. The van der Waals surface area contributed by atoms with Crippen molar-refractivity contribution in [2.24, 2.45) is 0 Å². The van der Waals surface area contributed by atoms with E-state index in [1.807, 2.05) is 25.1 Å². The van der Waals surface area contributed by atoms with Crippen molar-refractivity contribution in [1.82, 2.24) is 5.32 Å². The maximum Gasteiger partial charge on any atom is 0.319 e. The first-order valence-electron chi connectivity index (χ1n) is 4.99. The fourth-order valence-corrected chi connectivity index (χ4v) is 1.99. The van der Waals surface area contributed by atoms with E-state index in [0.29, 0.717) is 6.04 Å². The van der Waals surface area contributed by atoms with E-state index in [9.17, 15) is 4.79 Å². The third kappa shape index (κ3) is 3.09. The molecule has 80 valence electrons. The maximum absolute atomic E-state index is 11.5. The Morgan fingerprint density at radius 3 is 2.80 bits per heavy atom. The van der Waals surface area contributed by atoms with Gasteiger partial charge in [-0.3, -0.25) is 0 Å². The summed E-state index contributed by atoms with van der Waals surface area (Å²) in [6.07, 6.45) is 2.22. The summed E-state index contributed by atoms with van der Waals surface area (Å²) in [6.45, 7) is 1.99. The minimum absolute atomic E-state index is 0.0955. The van der Waals surface area contributed by atoms with E-state index in [2.05, 4.69) is 33.2 Å². The number of carbonyl (C=O) groups is 1. The molecule has 3 nitrogen and oxygen atoms in total.